The van der Waals surface area contributed by atoms with Gasteiger partial charge < -0.3 is 15.1 Å². The third-order valence-corrected chi connectivity index (χ3v) is 5.14. The third-order valence-electron chi connectivity index (χ3n) is 4.05. The molecule has 26 heavy (non-hydrogen) atoms. The maximum absolute atomic E-state index is 9.10. The number of thioether (sulfide) groups is 1. The Bertz CT molecular complexity index is 676. The Labute approximate surface area is 157 Å². The normalized spacial score (nSPS) is 17.7. The number of carbonyl (C=O) groups is 2. The summed E-state index contributed by atoms with van der Waals surface area (Å²) in [7, 11) is 0. The van der Waals surface area contributed by atoms with Gasteiger partial charge in [0.25, 0.3) is 0 Å². The zero-order valence-electron chi connectivity index (χ0n) is 14.8. The van der Waals surface area contributed by atoms with E-state index in [0.717, 1.165) is 6.54 Å². The zero-order chi connectivity index (χ0) is 18.9. The molecule has 6 nitrogen and oxygen atoms in total. The lowest BCUT2D eigenvalue weighted by atomic mass is 10.1. The molecule has 7 heteroatoms. The Morgan fingerprint density at radius 1 is 1.15 bits per heavy atom. The van der Waals surface area contributed by atoms with E-state index in [2.05, 4.69) is 48.4 Å². The first kappa shape index (κ1) is 20.0. The van der Waals surface area contributed by atoms with E-state index in [-0.39, 0.29) is 0 Å². The number of hydrogen-bond donors (Lipinski definition) is 2. The zero-order valence-corrected chi connectivity index (χ0v) is 15.6. The first-order valence-corrected chi connectivity index (χ1v) is 9.57. The van der Waals surface area contributed by atoms with Crippen molar-refractivity contribution in [2.45, 2.75) is 45.1 Å². The summed E-state index contributed by atoms with van der Waals surface area (Å²) in [6, 6.07) is 10.9. The number of fused-ring (bicyclic) bond motifs is 1. The minimum atomic E-state index is -1.82. The van der Waals surface area contributed by atoms with Gasteiger partial charge in [0.1, 0.15) is 0 Å². The van der Waals surface area contributed by atoms with Gasteiger partial charge in [0.2, 0.25) is 0 Å². The van der Waals surface area contributed by atoms with E-state index in [4.69, 9.17) is 24.8 Å². The minimum absolute atomic E-state index is 0.316. The molecule has 2 N–H and O–H groups in total. The number of aliphatic carboxylic acids is 2. The smallest absolute Gasteiger partial charge is 0.414 e. The van der Waals surface area contributed by atoms with Crippen LogP contribution in [0.1, 0.15) is 50.6 Å². The van der Waals surface area contributed by atoms with Gasteiger partial charge in [-0.1, -0.05) is 68.3 Å². The second-order valence-corrected chi connectivity index (χ2v) is 7.20. The standard InChI is InChI=1S/C17H22N2S.C2H2O4/c1-2-3-4-8-11-15-12-19-13-16(18-17(19)20-15)14-9-6-5-7-10-14;3-1(4)2(5)6/h5-7,9-10,12,16H,2-4,8,11,13H2,1H3;(H,3,4)(H,5,6)/t16-;/m1./s1. The fourth-order valence-corrected chi connectivity index (χ4v) is 3.81. The van der Waals surface area contributed by atoms with Crippen molar-refractivity contribution in [2.75, 3.05) is 6.54 Å². The number of carboxylic acids is 2. The quantitative estimate of drug-likeness (QED) is 0.573. The molecule has 0 aliphatic carbocycles. The van der Waals surface area contributed by atoms with Gasteiger partial charge in [-0.25, -0.2) is 9.59 Å². The first-order valence-electron chi connectivity index (χ1n) is 8.75. The molecule has 0 bridgehead atoms. The van der Waals surface area contributed by atoms with E-state index in [1.165, 1.54) is 47.7 Å². The highest BCUT2D eigenvalue weighted by molar-refractivity contribution is 8.17. The van der Waals surface area contributed by atoms with Gasteiger partial charge in [0.05, 0.1) is 12.6 Å². The summed E-state index contributed by atoms with van der Waals surface area (Å²) < 4.78 is 0. The lowest BCUT2D eigenvalue weighted by Gasteiger charge is -2.10. The van der Waals surface area contributed by atoms with Crippen LogP contribution in [0.25, 0.3) is 0 Å². The van der Waals surface area contributed by atoms with E-state index >= 15 is 0 Å². The average Bonchev–Trinajstić information content (AvgIpc) is 3.18. The largest absolute Gasteiger partial charge is 0.473 e. The summed E-state index contributed by atoms with van der Waals surface area (Å²) >= 11 is 1.87. The second-order valence-electron chi connectivity index (χ2n) is 6.11. The van der Waals surface area contributed by atoms with E-state index in [0.29, 0.717) is 6.04 Å². The van der Waals surface area contributed by atoms with Crippen molar-refractivity contribution < 1.29 is 19.8 Å². The number of benzene rings is 1. The highest BCUT2D eigenvalue weighted by Gasteiger charge is 2.30. The molecule has 2 aliphatic rings. The predicted octanol–water partition coefficient (Wildman–Crippen LogP) is 4.11. The predicted molar refractivity (Wildman–Crippen MR) is 103 cm³/mol. The Hall–Kier alpha value is -2.28. The molecule has 0 unspecified atom stereocenters. The van der Waals surface area contributed by atoms with Crippen LogP contribution in [0.5, 0.6) is 0 Å². The van der Waals surface area contributed by atoms with Crippen LogP contribution < -0.4 is 0 Å². The number of hydrogen-bond acceptors (Lipinski definition) is 5. The van der Waals surface area contributed by atoms with Crippen LogP contribution in [0, 0.1) is 0 Å². The van der Waals surface area contributed by atoms with Crippen molar-refractivity contribution in [2.24, 2.45) is 4.99 Å². The molecule has 140 valence electrons. The lowest BCUT2D eigenvalue weighted by molar-refractivity contribution is -0.159. The molecular formula is C19H24N2O4S. The summed E-state index contributed by atoms with van der Waals surface area (Å²) in [6.45, 7) is 3.27. The monoisotopic (exact) mass is 376 g/mol. The van der Waals surface area contributed by atoms with E-state index < -0.39 is 11.9 Å². The van der Waals surface area contributed by atoms with E-state index in [1.807, 2.05) is 11.8 Å². The molecule has 1 aromatic rings. The maximum atomic E-state index is 9.10. The van der Waals surface area contributed by atoms with Gasteiger partial charge in [0.15, 0.2) is 5.17 Å². The molecule has 0 spiro atoms. The highest BCUT2D eigenvalue weighted by Crippen LogP contribution is 2.39. The molecule has 1 atom stereocenters. The summed E-state index contributed by atoms with van der Waals surface area (Å²) in [5.74, 6) is -3.65. The average molecular weight is 376 g/mol. The minimum Gasteiger partial charge on any atom is -0.473 e. The Morgan fingerprint density at radius 2 is 1.85 bits per heavy atom. The highest BCUT2D eigenvalue weighted by atomic mass is 32.2. The molecule has 0 radical (unpaired) electrons. The van der Waals surface area contributed by atoms with E-state index in [9.17, 15) is 0 Å². The topological polar surface area (TPSA) is 90.2 Å². The Morgan fingerprint density at radius 3 is 2.42 bits per heavy atom. The molecule has 0 amide bonds. The summed E-state index contributed by atoms with van der Waals surface area (Å²) in [4.78, 5) is 26.9. The SMILES string of the molecule is CCCCCCC1=CN2C[C@H](c3ccccc3)N=C2S1.O=C(O)C(=O)O. The summed E-state index contributed by atoms with van der Waals surface area (Å²) in [5, 5.41) is 16.0. The van der Waals surface area contributed by atoms with Crippen LogP contribution in [0.2, 0.25) is 0 Å². The summed E-state index contributed by atoms with van der Waals surface area (Å²) in [5.41, 5.74) is 1.33. The van der Waals surface area contributed by atoms with Gasteiger partial charge in [-0.3, -0.25) is 4.99 Å². The number of nitrogens with zero attached hydrogens (tertiary/aromatic N) is 2. The van der Waals surface area contributed by atoms with Crippen molar-refractivity contribution in [1.82, 2.24) is 4.90 Å². The number of rotatable bonds is 6. The Kier molecular flexibility index (Phi) is 7.72. The Balaban J connectivity index is 0.000000352. The summed E-state index contributed by atoms with van der Waals surface area (Å²) in [6.07, 6.45) is 8.88. The number of carboxylic acid groups (broad SMARTS) is 2. The van der Waals surface area contributed by atoms with E-state index in [1.54, 1.807) is 0 Å². The van der Waals surface area contributed by atoms with Crippen molar-refractivity contribution in [3.63, 3.8) is 0 Å². The number of amidine groups is 1. The van der Waals surface area contributed by atoms with Crippen molar-refractivity contribution >= 4 is 28.9 Å². The van der Waals surface area contributed by atoms with Gasteiger partial charge in [-0.05, 0) is 18.4 Å². The molecule has 3 rings (SSSR count). The van der Waals surface area contributed by atoms with Crippen LogP contribution in [-0.2, 0) is 9.59 Å². The van der Waals surface area contributed by atoms with Crippen molar-refractivity contribution in [3.8, 4) is 0 Å². The fraction of sp³-hybridized carbons (Fsp3) is 0.421. The molecule has 0 saturated heterocycles. The number of aliphatic imine (C=N–C) groups is 1. The van der Waals surface area contributed by atoms with Crippen molar-refractivity contribution in [3.05, 3.63) is 47.0 Å². The maximum Gasteiger partial charge on any atom is 0.414 e. The molecule has 0 saturated carbocycles. The molecule has 2 heterocycles. The number of allylic oxidation sites excluding steroid dienone is 1. The van der Waals surface area contributed by atoms with Gasteiger partial charge in [0, 0.05) is 11.1 Å². The molecule has 1 aromatic carbocycles. The van der Waals surface area contributed by atoms with Gasteiger partial charge >= 0.3 is 11.9 Å². The molecular weight excluding hydrogens is 352 g/mol. The van der Waals surface area contributed by atoms with Crippen LogP contribution in [0.4, 0.5) is 0 Å². The number of unbranched alkanes of at least 4 members (excludes halogenated alkanes) is 3. The van der Waals surface area contributed by atoms with Crippen LogP contribution in [0.3, 0.4) is 0 Å². The van der Waals surface area contributed by atoms with Crippen LogP contribution in [-0.4, -0.2) is 38.8 Å². The lowest BCUT2D eigenvalue weighted by Crippen LogP contribution is -2.16. The molecule has 0 fully saturated rings. The fourth-order valence-electron chi connectivity index (χ4n) is 2.72. The van der Waals surface area contributed by atoms with Crippen molar-refractivity contribution in [1.29, 1.82) is 0 Å². The van der Waals surface area contributed by atoms with Crippen LogP contribution in [0.15, 0.2) is 46.4 Å². The first-order chi connectivity index (χ1) is 12.5. The third kappa shape index (κ3) is 5.91. The second kappa shape index (κ2) is 10.0. The van der Waals surface area contributed by atoms with Crippen LogP contribution >= 0.6 is 11.8 Å². The van der Waals surface area contributed by atoms with Gasteiger partial charge in [-0.2, -0.15) is 0 Å². The van der Waals surface area contributed by atoms with Gasteiger partial charge in [-0.15, -0.1) is 0 Å². The molecule has 2 aliphatic heterocycles. The molecule has 0 aromatic heterocycles.